The summed E-state index contributed by atoms with van der Waals surface area (Å²) in [6.45, 7) is 4.00. The lowest BCUT2D eigenvalue weighted by molar-refractivity contribution is -0.158. The quantitative estimate of drug-likeness (QED) is 0.703. The fourth-order valence-electron chi connectivity index (χ4n) is 6.34. The zero-order chi connectivity index (χ0) is 19.8. The van der Waals surface area contributed by atoms with E-state index in [1.807, 2.05) is 0 Å². The van der Waals surface area contributed by atoms with Gasteiger partial charge >= 0.3 is 5.97 Å². The smallest absolute Gasteiger partial charge is 0.307 e. The molecule has 5 nitrogen and oxygen atoms in total. The summed E-state index contributed by atoms with van der Waals surface area (Å²) in [5, 5.41) is 4.39. The van der Waals surface area contributed by atoms with Gasteiger partial charge in [-0.3, -0.25) is 14.5 Å². The molecule has 3 saturated heterocycles. The van der Waals surface area contributed by atoms with Gasteiger partial charge in [0.25, 0.3) is 0 Å². The van der Waals surface area contributed by atoms with E-state index >= 15 is 0 Å². The molecular formula is C23H32N2O3S. The molecule has 29 heavy (non-hydrogen) atoms. The summed E-state index contributed by atoms with van der Waals surface area (Å²) in [5.41, 5.74) is 0.900. The minimum Gasteiger partial charge on any atom is -0.458 e. The number of nitrogens with zero attached hydrogens (tertiary/aromatic N) is 2. The van der Waals surface area contributed by atoms with Crippen molar-refractivity contribution in [2.75, 3.05) is 19.6 Å². The van der Waals surface area contributed by atoms with E-state index in [9.17, 15) is 9.59 Å². The van der Waals surface area contributed by atoms with Crippen LogP contribution in [0, 0.1) is 11.8 Å². The minimum absolute atomic E-state index is 0.163. The van der Waals surface area contributed by atoms with Crippen LogP contribution in [-0.2, 0) is 20.9 Å². The van der Waals surface area contributed by atoms with Gasteiger partial charge < -0.3 is 9.64 Å². The van der Waals surface area contributed by atoms with Crippen LogP contribution in [0.2, 0.25) is 0 Å². The molecule has 0 aromatic carbocycles. The molecule has 1 spiro atoms. The number of carbonyl (C=O) groups is 2. The third-order valence-electron chi connectivity index (χ3n) is 7.74. The molecule has 3 atom stereocenters. The number of thiophene rings is 1. The van der Waals surface area contributed by atoms with Crippen molar-refractivity contribution in [3.8, 4) is 0 Å². The van der Waals surface area contributed by atoms with Gasteiger partial charge in [-0.25, -0.2) is 0 Å². The van der Waals surface area contributed by atoms with Crippen molar-refractivity contribution in [2.24, 2.45) is 11.8 Å². The highest BCUT2D eigenvalue weighted by atomic mass is 32.1. The molecule has 158 valence electrons. The van der Waals surface area contributed by atoms with Crippen LogP contribution in [0.1, 0.15) is 63.4 Å². The number of piperidine rings is 2. The van der Waals surface area contributed by atoms with E-state index in [0.29, 0.717) is 12.0 Å². The number of likely N-dealkylation sites (tertiary alicyclic amines) is 2. The van der Waals surface area contributed by atoms with E-state index in [-0.39, 0.29) is 24.2 Å². The van der Waals surface area contributed by atoms with Crippen molar-refractivity contribution in [2.45, 2.75) is 76.0 Å². The van der Waals surface area contributed by atoms with E-state index in [1.54, 1.807) is 11.3 Å². The summed E-state index contributed by atoms with van der Waals surface area (Å²) in [6, 6.07) is 2.56. The van der Waals surface area contributed by atoms with Crippen molar-refractivity contribution < 1.29 is 14.3 Å². The first-order valence-corrected chi connectivity index (χ1v) is 12.3. The van der Waals surface area contributed by atoms with Crippen LogP contribution in [-0.4, -0.2) is 53.0 Å². The standard InChI is InChI=1S/C23H32N2O3S/c26-21-13-19(23(28-21)8-2-1-3-9-23)22(27)25-10-4-5-18-15-24(11-6-20(18)25)14-17-7-12-29-16-17/h7,12,16,18-20H,1-6,8-11,13-15H2/t18-,19?,20-/m1/s1. The average molecular weight is 417 g/mol. The Morgan fingerprint density at radius 1 is 1.17 bits per heavy atom. The van der Waals surface area contributed by atoms with Gasteiger partial charge in [-0.2, -0.15) is 11.3 Å². The number of hydrogen-bond donors (Lipinski definition) is 0. The number of rotatable bonds is 3. The average Bonchev–Trinajstić information content (AvgIpc) is 3.35. The van der Waals surface area contributed by atoms with Crippen LogP contribution >= 0.6 is 11.3 Å². The molecule has 1 aromatic heterocycles. The monoisotopic (exact) mass is 416 g/mol. The van der Waals surface area contributed by atoms with E-state index < -0.39 is 5.60 Å². The van der Waals surface area contributed by atoms with Gasteiger partial charge in [-0.15, -0.1) is 0 Å². The van der Waals surface area contributed by atoms with Crippen molar-refractivity contribution in [3.05, 3.63) is 22.4 Å². The SMILES string of the molecule is O=C1CC(C(=O)N2CCC[C@@H]3CN(Cc4ccsc4)CC[C@H]32)C2(CCCCC2)O1. The highest BCUT2D eigenvalue weighted by molar-refractivity contribution is 7.07. The summed E-state index contributed by atoms with van der Waals surface area (Å²) in [7, 11) is 0. The summed E-state index contributed by atoms with van der Waals surface area (Å²) < 4.78 is 5.83. The Morgan fingerprint density at radius 2 is 2.03 bits per heavy atom. The van der Waals surface area contributed by atoms with E-state index in [1.165, 1.54) is 18.4 Å². The van der Waals surface area contributed by atoms with Gasteiger partial charge in [0.2, 0.25) is 5.91 Å². The second kappa shape index (κ2) is 8.03. The van der Waals surface area contributed by atoms with E-state index in [2.05, 4.69) is 26.6 Å². The molecule has 1 aromatic rings. The van der Waals surface area contributed by atoms with Gasteiger partial charge in [0.05, 0.1) is 12.3 Å². The molecule has 0 bridgehead atoms. The molecular weight excluding hydrogens is 384 g/mol. The lowest BCUT2D eigenvalue weighted by Gasteiger charge is -2.49. The second-order valence-electron chi connectivity index (χ2n) is 9.51. The molecule has 6 heteroatoms. The van der Waals surface area contributed by atoms with Crippen LogP contribution in [0.15, 0.2) is 16.8 Å². The molecule has 4 aliphatic rings. The minimum atomic E-state index is -0.501. The van der Waals surface area contributed by atoms with Gasteiger partial charge in [0.1, 0.15) is 5.60 Å². The van der Waals surface area contributed by atoms with Gasteiger partial charge in [-0.05, 0) is 73.3 Å². The third-order valence-corrected chi connectivity index (χ3v) is 8.47. The fraction of sp³-hybridized carbons (Fsp3) is 0.739. The van der Waals surface area contributed by atoms with Gasteiger partial charge in [0, 0.05) is 32.2 Å². The van der Waals surface area contributed by atoms with Crippen LogP contribution in [0.4, 0.5) is 0 Å². The van der Waals surface area contributed by atoms with Crippen LogP contribution in [0.5, 0.6) is 0 Å². The van der Waals surface area contributed by atoms with E-state index in [4.69, 9.17) is 4.74 Å². The largest absolute Gasteiger partial charge is 0.458 e. The van der Waals surface area contributed by atoms with Crippen molar-refractivity contribution in [3.63, 3.8) is 0 Å². The first-order valence-electron chi connectivity index (χ1n) is 11.4. The first kappa shape index (κ1) is 19.6. The zero-order valence-corrected chi connectivity index (χ0v) is 18.0. The molecule has 1 saturated carbocycles. The van der Waals surface area contributed by atoms with Crippen molar-refractivity contribution >= 4 is 23.2 Å². The van der Waals surface area contributed by atoms with Gasteiger partial charge in [-0.1, -0.05) is 6.42 Å². The lowest BCUT2D eigenvalue weighted by atomic mass is 9.74. The maximum atomic E-state index is 13.7. The van der Waals surface area contributed by atoms with Crippen LogP contribution in [0.3, 0.4) is 0 Å². The van der Waals surface area contributed by atoms with Crippen LogP contribution in [0.25, 0.3) is 0 Å². The first-order chi connectivity index (χ1) is 14.1. The lowest BCUT2D eigenvalue weighted by Crippen LogP contribution is -2.58. The zero-order valence-electron chi connectivity index (χ0n) is 17.2. The number of amides is 1. The predicted molar refractivity (Wildman–Crippen MR) is 112 cm³/mol. The Morgan fingerprint density at radius 3 is 2.83 bits per heavy atom. The third kappa shape index (κ3) is 3.74. The second-order valence-corrected chi connectivity index (χ2v) is 10.3. The van der Waals surface area contributed by atoms with Crippen molar-refractivity contribution in [1.82, 2.24) is 9.80 Å². The van der Waals surface area contributed by atoms with Crippen LogP contribution < -0.4 is 0 Å². The Balaban J connectivity index is 1.28. The number of fused-ring (bicyclic) bond motifs is 1. The number of hydrogen-bond acceptors (Lipinski definition) is 5. The molecule has 1 unspecified atom stereocenters. The Bertz CT molecular complexity index is 743. The predicted octanol–water partition coefficient (Wildman–Crippen LogP) is 3.83. The maximum Gasteiger partial charge on any atom is 0.307 e. The molecule has 5 rings (SSSR count). The molecule has 1 amide bonds. The summed E-state index contributed by atoms with van der Waals surface area (Å²) in [6.07, 6.45) is 8.69. The number of esters is 1. The molecule has 3 aliphatic heterocycles. The molecule has 4 fully saturated rings. The fourth-order valence-corrected chi connectivity index (χ4v) is 7.00. The van der Waals surface area contributed by atoms with Gasteiger partial charge in [0.15, 0.2) is 0 Å². The molecule has 0 radical (unpaired) electrons. The summed E-state index contributed by atoms with van der Waals surface area (Å²) in [4.78, 5) is 30.6. The molecule has 4 heterocycles. The Kier molecular flexibility index (Phi) is 5.41. The van der Waals surface area contributed by atoms with E-state index in [0.717, 1.165) is 64.7 Å². The van der Waals surface area contributed by atoms with Crippen molar-refractivity contribution in [1.29, 1.82) is 0 Å². The highest BCUT2D eigenvalue weighted by Crippen LogP contribution is 2.46. The normalized spacial score (nSPS) is 32.2. The Hall–Kier alpha value is -1.40. The topological polar surface area (TPSA) is 49.9 Å². The number of ether oxygens (including phenoxy) is 1. The summed E-state index contributed by atoms with van der Waals surface area (Å²) >= 11 is 1.76. The summed E-state index contributed by atoms with van der Waals surface area (Å²) in [5.74, 6) is 0.349. The Labute approximate surface area is 177 Å². The molecule has 1 aliphatic carbocycles. The highest BCUT2D eigenvalue weighted by Gasteiger charge is 2.55. The maximum absolute atomic E-state index is 13.7. The number of carbonyl (C=O) groups excluding carboxylic acids is 2. The molecule has 0 N–H and O–H groups in total.